The van der Waals surface area contributed by atoms with Crippen molar-refractivity contribution in [3.63, 3.8) is 0 Å². The van der Waals surface area contributed by atoms with E-state index in [0.29, 0.717) is 24.6 Å². The fourth-order valence-corrected chi connectivity index (χ4v) is 3.59. The normalized spacial score (nSPS) is 18.6. The van der Waals surface area contributed by atoms with Gasteiger partial charge in [0.15, 0.2) is 0 Å². The summed E-state index contributed by atoms with van der Waals surface area (Å²) in [5, 5.41) is 19.3. The Kier molecular flexibility index (Phi) is 4.94. The largest absolute Gasteiger partial charge is 0.441 e. The summed E-state index contributed by atoms with van der Waals surface area (Å²) >= 11 is 1.37. The molecule has 1 aromatic heterocycles. The number of hydrogen-bond acceptors (Lipinski definition) is 7. The molecule has 126 valence electrons. The van der Waals surface area contributed by atoms with Crippen molar-refractivity contribution in [3.8, 4) is 6.07 Å². The molecule has 7 nitrogen and oxygen atoms in total. The van der Waals surface area contributed by atoms with Gasteiger partial charge in [-0.3, -0.25) is 4.90 Å². The number of aliphatic hydroxyl groups is 1. The molecule has 24 heavy (non-hydrogen) atoms. The summed E-state index contributed by atoms with van der Waals surface area (Å²) in [5.74, 6) is 0. The SMILES string of the molecule is COC[C@H]1CN(c2ccc3nc([C@@H](O)CCC#N)sc3c2)C(=O)O1. The highest BCUT2D eigenvalue weighted by Gasteiger charge is 2.32. The van der Waals surface area contributed by atoms with Gasteiger partial charge in [0.2, 0.25) is 0 Å². The van der Waals surface area contributed by atoms with Crippen molar-refractivity contribution >= 4 is 33.3 Å². The van der Waals surface area contributed by atoms with E-state index in [1.54, 1.807) is 12.0 Å². The number of nitriles is 1. The van der Waals surface area contributed by atoms with E-state index in [-0.39, 0.29) is 12.5 Å². The highest BCUT2D eigenvalue weighted by molar-refractivity contribution is 7.18. The molecule has 1 saturated heterocycles. The molecule has 0 bridgehead atoms. The molecular weight excluding hydrogens is 330 g/mol. The Morgan fingerprint density at radius 3 is 3.21 bits per heavy atom. The molecular formula is C16H17N3O4S. The first-order valence-electron chi connectivity index (χ1n) is 7.55. The second-order valence-corrected chi connectivity index (χ2v) is 6.55. The van der Waals surface area contributed by atoms with Crippen molar-refractivity contribution in [2.24, 2.45) is 0 Å². The number of carbonyl (C=O) groups excluding carboxylic acids is 1. The Morgan fingerprint density at radius 2 is 2.46 bits per heavy atom. The van der Waals surface area contributed by atoms with Gasteiger partial charge in [-0.2, -0.15) is 5.26 Å². The first-order valence-corrected chi connectivity index (χ1v) is 8.36. The average molecular weight is 347 g/mol. The molecule has 0 aliphatic carbocycles. The van der Waals surface area contributed by atoms with Crippen molar-refractivity contribution in [1.29, 1.82) is 5.26 Å². The number of carbonyl (C=O) groups is 1. The van der Waals surface area contributed by atoms with Crippen LogP contribution in [-0.4, -0.2) is 42.5 Å². The monoisotopic (exact) mass is 347 g/mol. The maximum absolute atomic E-state index is 12.0. The lowest BCUT2D eigenvalue weighted by Gasteiger charge is -2.12. The number of anilines is 1. The lowest BCUT2D eigenvalue weighted by molar-refractivity contribution is 0.0718. The van der Waals surface area contributed by atoms with Gasteiger partial charge in [-0.15, -0.1) is 11.3 Å². The van der Waals surface area contributed by atoms with Crippen LogP contribution in [0.3, 0.4) is 0 Å². The molecule has 0 spiro atoms. The Labute approximate surface area is 143 Å². The molecule has 2 heterocycles. The van der Waals surface area contributed by atoms with Crippen LogP contribution in [0.15, 0.2) is 18.2 Å². The number of nitrogens with zero attached hydrogens (tertiary/aromatic N) is 3. The van der Waals surface area contributed by atoms with Gasteiger partial charge >= 0.3 is 6.09 Å². The second kappa shape index (κ2) is 7.13. The van der Waals surface area contributed by atoms with Gasteiger partial charge in [0.25, 0.3) is 0 Å². The molecule has 8 heteroatoms. The molecule has 2 aromatic rings. The fraction of sp³-hybridized carbons (Fsp3) is 0.438. The molecule has 1 aliphatic rings. The summed E-state index contributed by atoms with van der Waals surface area (Å²) in [6, 6.07) is 7.51. The predicted octanol–water partition coefficient (Wildman–Crippen LogP) is 2.61. The quantitative estimate of drug-likeness (QED) is 0.863. The molecule has 0 unspecified atom stereocenters. The number of benzene rings is 1. The van der Waals surface area contributed by atoms with Gasteiger partial charge < -0.3 is 14.6 Å². The highest BCUT2D eigenvalue weighted by atomic mass is 32.1. The van der Waals surface area contributed by atoms with Crippen LogP contribution in [0.4, 0.5) is 10.5 Å². The number of methoxy groups -OCH3 is 1. The van der Waals surface area contributed by atoms with Crippen LogP contribution < -0.4 is 4.90 Å². The molecule has 1 fully saturated rings. The maximum atomic E-state index is 12.0. The fourth-order valence-electron chi connectivity index (χ4n) is 2.57. The van der Waals surface area contributed by atoms with E-state index in [1.807, 2.05) is 24.3 Å². The number of aliphatic hydroxyl groups excluding tert-OH is 1. The van der Waals surface area contributed by atoms with Gasteiger partial charge in [0.1, 0.15) is 17.2 Å². The topological polar surface area (TPSA) is 95.7 Å². The lowest BCUT2D eigenvalue weighted by Crippen LogP contribution is -2.25. The number of fused-ring (bicyclic) bond motifs is 1. The number of hydrogen-bond donors (Lipinski definition) is 1. The van der Waals surface area contributed by atoms with Crippen LogP contribution in [-0.2, 0) is 9.47 Å². The third-order valence-corrected chi connectivity index (χ3v) is 4.86. The number of amides is 1. The molecule has 3 rings (SSSR count). The highest BCUT2D eigenvalue weighted by Crippen LogP contribution is 2.32. The molecule has 1 aliphatic heterocycles. The summed E-state index contributed by atoms with van der Waals surface area (Å²) < 4.78 is 11.2. The minimum absolute atomic E-state index is 0.275. The smallest absolute Gasteiger partial charge is 0.414 e. The minimum Gasteiger partial charge on any atom is -0.441 e. The third-order valence-electron chi connectivity index (χ3n) is 3.74. The van der Waals surface area contributed by atoms with Gasteiger partial charge in [-0.05, 0) is 24.6 Å². The maximum Gasteiger partial charge on any atom is 0.414 e. The summed E-state index contributed by atoms with van der Waals surface area (Å²) in [4.78, 5) is 18.0. The van der Waals surface area contributed by atoms with Crippen LogP contribution in [0.5, 0.6) is 0 Å². The van der Waals surface area contributed by atoms with E-state index in [1.165, 1.54) is 11.3 Å². The minimum atomic E-state index is -0.742. The van der Waals surface area contributed by atoms with Crippen LogP contribution in [0.1, 0.15) is 24.0 Å². The number of thiazole rings is 1. The Morgan fingerprint density at radius 1 is 1.62 bits per heavy atom. The van der Waals surface area contributed by atoms with E-state index >= 15 is 0 Å². The van der Waals surface area contributed by atoms with Crippen LogP contribution >= 0.6 is 11.3 Å². The zero-order valence-corrected chi connectivity index (χ0v) is 14.0. The molecule has 0 saturated carbocycles. The Hall–Kier alpha value is -2.21. The van der Waals surface area contributed by atoms with Gasteiger partial charge in [0, 0.05) is 19.2 Å². The van der Waals surface area contributed by atoms with E-state index in [4.69, 9.17) is 14.7 Å². The van der Waals surface area contributed by atoms with Crippen LogP contribution in [0, 0.1) is 11.3 Å². The van der Waals surface area contributed by atoms with Crippen molar-refractivity contribution in [2.75, 3.05) is 25.2 Å². The molecule has 0 radical (unpaired) electrons. The summed E-state index contributed by atoms with van der Waals surface area (Å²) in [6.45, 7) is 0.801. The van der Waals surface area contributed by atoms with Gasteiger partial charge in [0.05, 0.1) is 29.4 Å². The zero-order chi connectivity index (χ0) is 17.1. The number of ether oxygens (including phenoxy) is 2. The molecule has 1 aromatic carbocycles. The zero-order valence-electron chi connectivity index (χ0n) is 13.1. The van der Waals surface area contributed by atoms with E-state index in [0.717, 1.165) is 15.9 Å². The number of aromatic nitrogens is 1. The van der Waals surface area contributed by atoms with Crippen LogP contribution in [0.25, 0.3) is 10.2 Å². The Balaban J connectivity index is 1.81. The summed E-state index contributed by atoms with van der Waals surface area (Å²) in [5.41, 5.74) is 1.49. The average Bonchev–Trinajstić information content (AvgIpc) is 3.15. The lowest BCUT2D eigenvalue weighted by atomic mass is 10.2. The standard InChI is InChI=1S/C16H17N3O4S/c1-22-9-11-8-19(16(21)23-11)10-4-5-12-14(7-10)24-15(18-12)13(20)3-2-6-17/h4-5,7,11,13,20H,2-3,8-9H2,1H3/t11-,13+/m1/s1. The van der Waals surface area contributed by atoms with Crippen molar-refractivity contribution < 1.29 is 19.4 Å². The third kappa shape index (κ3) is 3.33. The first-order chi connectivity index (χ1) is 11.6. The predicted molar refractivity (Wildman–Crippen MR) is 88.9 cm³/mol. The van der Waals surface area contributed by atoms with E-state index < -0.39 is 12.2 Å². The first kappa shape index (κ1) is 16.6. The molecule has 1 amide bonds. The van der Waals surface area contributed by atoms with Crippen molar-refractivity contribution in [1.82, 2.24) is 4.98 Å². The van der Waals surface area contributed by atoms with E-state index in [2.05, 4.69) is 4.98 Å². The van der Waals surface area contributed by atoms with Crippen LogP contribution in [0.2, 0.25) is 0 Å². The molecule has 1 N–H and O–H groups in total. The summed E-state index contributed by atoms with van der Waals surface area (Å²) in [6.07, 6.45) is -0.769. The van der Waals surface area contributed by atoms with Gasteiger partial charge in [-0.1, -0.05) is 0 Å². The number of cyclic esters (lactones) is 1. The summed E-state index contributed by atoms with van der Waals surface area (Å²) in [7, 11) is 1.57. The molecule has 2 atom stereocenters. The van der Waals surface area contributed by atoms with Crippen molar-refractivity contribution in [3.05, 3.63) is 23.2 Å². The van der Waals surface area contributed by atoms with Crippen molar-refractivity contribution in [2.45, 2.75) is 25.0 Å². The van der Waals surface area contributed by atoms with E-state index in [9.17, 15) is 9.90 Å². The second-order valence-electron chi connectivity index (χ2n) is 5.49. The Bertz CT molecular complexity index is 785. The van der Waals surface area contributed by atoms with Gasteiger partial charge in [-0.25, -0.2) is 9.78 Å². The number of rotatable bonds is 6.